The molecule has 2 aromatic rings. The van der Waals surface area contributed by atoms with Gasteiger partial charge in [0.15, 0.2) is 5.16 Å². The quantitative estimate of drug-likeness (QED) is 0.534. The lowest BCUT2D eigenvalue weighted by molar-refractivity contribution is -0.119. The van der Waals surface area contributed by atoms with Gasteiger partial charge in [-0.1, -0.05) is 23.9 Å². The van der Waals surface area contributed by atoms with Crippen LogP contribution in [0.5, 0.6) is 0 Å². The van der Waals surface area contributed by atoms with Gasteiger partial charge >= 0.3 is 6.03 Å². The summed E-state index contributed by atoms with van der Waals surface area (Å²) in [6, 6.07) is 8.08. The van der Waals surface area contributed by atoms with Gasteiger partial charge in [0.05, 0.1) is 10.8 Å². The Balaban J connectivity index is 1.46. The number of nitrogens with one attached hydrogen (secondary N) is 3. The van der Waals surface area contributed by atoms with Gasteiger partial charge in [-0.3, -0.25) is 10.1 Å². The third kappa shape index (κ3) is 4.24. The van der Waals surface area contributed by atoms with Crippen LogP contribution in [0.25, 0.3) is 10.9 Å². The monoisotopic (exact) mass is 371 g/mol. The average Bonchev–Trinajstić information content (AvgIpc) is 3.51. The molecule has 0 unspecified atom stereocenters. The molecule has 2 aliphatic rings. The van der Waals surface area contributed by atoms with Crippen molar-refractivity contribution in [2.24, 2.45) is 0 Å². The van der Waals surface area contributed by atoms with E-state index in [0.29, 0.717) is 11.2 Å². The molecule has 3 amide bonds. The van der Waals surface area contributed by atoms with Crippen LogP contribution in [-0.4, -0.2) is 39.2 Å². The molecule has 4 rings (SSSR count). The van der Waals surface area contributed by atoms with Crippen molar-refractivity contribution in [3.63, 3.8) is 0 Å². The summed E-state index contributed by atoms with van der Waals surface area (Å²) >= 11 is 1.25. The molecule has 0 aliphatic heterocycles. The van der Waals surface area contributed by atoms with Crippen LogP contribution in [0.3, 0.4) is 0 Å². The van der Waals surface area contributed by atoms with Crippen molar-refractivity contribution in [3.05, 3.63) is 24.3 Å². The van der Waals surface area contributed by atoms with Crippen molar-refractivity contribution in [2.75, 3.05) is 5.32 Å². The molecule has 26 heavy (non-hydrogen) atoms. The van der Waals surface area contributed by atoms with E-state index in [9.17, 15) is 9.59 Å². The first-order valence-electron chi connectivity index (χ1n) is 8.90. The van der Waals surface area contributed by atoms with Gasteiger partial charge in [0.2, 0.25) is 5.91 Å². The van der Waals surface area contributed by atoms with Crippen molar-refractivity contribution in [1.29, 1.82) is 0 Å². The largest absolute Gasteiger partial charge is 0.367 e. The van der Waals surface area contributed by atoms with Gasteiger partial charge < -0.3 is 10.6 Å². The highest BCUT2D eigenvalue weighted by Crippen LogP contribution is 2.30. The predicted molar refractivity (Wildman–Crippen MR) is 101 cm³/mol. The number of para-hydroxylation sites is 1. The fourth-order valence-electron chi connectivity index (χ4n) is 2.51. The molecule has 2 saturated carbocycles. The number of fused-ring (bicyclic) bond motifs is 1. The fourth-order valence-corrected chi connectivity index (χ4v) is 3.29. The van der Waals surface area contributed by atoms with Crippen LogP contribution >= 0.6 is 11.8 Å². The number of amides is 3. The maximum Gasteiger partial charge on any atom is 0.321 e. The highest BCUT2D eigenvalue weighted by molar-refractivity contribution is 8.00. The first-order valence-corrected chi connectivity index (χ1v) is 9.78. The van der Waals surface area contributed by atoms with Crippen molar-refractivity contribution >= 4 is 40.4 Å². The summed E-state index contributed by atoms with van der Waals surface area (Å²) in [7, 11) is 0. The number of anilines is 1. The number of carbonyl (C=O) groups is 2. The summed E-state index contributed by atoms with van der Waals surface area (Å²) in [5.74, 6) is 0.460. The van der Waals surface area contributed by atoms with Crippen molar-refractivity contribution < 1.29 is 9.59 Å². The Kier molecular flexibility index (Phi) is 4.67. The summed E-state index contributed by atoms with van der Waals surface area (Å²) in [6.07, 6.45) is 4.26. The summed E-state index contributed by atoms with van der Waals surface area (Å²) < 4.78 is 0. The van der Waals surface area contributed by atoms with Crippen molar-refractivity contribution in [2.45, 2.75) is 55.1 Å². The Labute approximate surface area is 155 Å². The molecular weight excluding hydrogens is 350 g/mol. The lowest BCUT2D eigenvalue weighted by atomic mass is 10.2. The maximum absolute atomic E-state index is 12.2. The van der Waals surface area contributed by atoms with Crippen molar-refractivity contribution in [1.82, 2.24) is 20.6 Å². The third-order valence-corrected chi connectivity index (χ3v) is 5.26. The molecule has 0 spiro atoms. The van der Waals surface area contributed by atoms with Crippen LogP contribution in [0.2, 0.25) is 0 Å². The lowest BCUT2D eigenvalue weighted by Crippen LogP contribution is -2.43. The van der Waals surface area contributed by atoms with Gasteiger partial charge in [-0.2, -0.15) is 0 Å². The van der Waals surface area contributed by atoms with Crippen LogP contribution in [0.15, 0.2) is 29.4 Å². The molecule has 7 nitrogen and oxygen atoms in total. The number of urea groups is 1. The Morgan fingerprint density at radius 3 is 2.58 bits per heavy atom. The summed E-state index contributed by atoms with van der Waals surface area (Å²) in [5.41, 5.74) is 0.840. The Hall–Kier alpha value is -2.35. The number of benzene rings is 1. The zero-order valence-corrected chi connectivity index (χ0v) is 15.3. The fraction of sp³-hybridized carbons (Fsp3) is 0.444. The van der Waals surface area contributed by atoms with Crippen LogP contribution in [0.4, 0.5) is 10.6 Å². The molecule has 0 radical (unpaired) electrons. The molecule has 1 heterocycles. The van der Waals surface area contributed by atoms with Gasteiger partial charge in [0.1, 0.15) is 5.82 Å². The number of hydrogen-bond donors (Lipinski definition) is 3. The number of rotatable bonds is 6. The third-order valence-electron chi connectivity index (χ3n) is 4.30. The van der Waals surface area contributed by atoms with E-state index >= 15 is 0 Å². The second-order valence-electron chi connectivity index (χ2n) is 6.79. The van der Waals surface area contributed by atoms with E-state index in [4.69, 9.17) is 0 Å². The Morgan fingerprint density at radius 1 is 1.12 bits per heavy atom. The Bertz CT molecular complexity index is 851. The molecule has 0 saturated heterocycles. The van der Waals surface area contributed by atoms with Gasteiger partial charge in [-0.25, -0.2) is 14.8 Å². The van der Waals surface area contributed by atoms with Crippen LogP contribution < -0.4 is 16.0 Å². The number of imide groups is 1. The van der Waals surface area contributed by atoms with E-state index in [1.54, 1.807) is 6.92 Å². The Morgan fingerprint density at radius 2 is 1.85 bits per heavy atom. The molecule has 2 aliphatic carbocycles. The highest BCUT2D eigenvalue weighted by Gasteiger charge is 2.26. The number of aromatic nitrogens is 2. The molecule has 3 N–H and O–H groups in total. The molecule has 1 aromatic heterocycles. The summed E-state index contributed by atoms with van der Waals surface area (Å²) in [4.78, 5) is 33.1. The van der Waals surface area contributed by atoms with Gasteiger partial charge in [0, 0.05) is 17.5 Å². The second-order valence-corrected chi connectivity index (χ2v) is 8.10. The molecule has 2 fully saturated rings. The molecular formula is C18H21N5O2S. The maximum atomic E-state index is 12.2. The SMILES string of the molecule is C[C@@H](Sc1nc(NC2CC2)c2ccccc2n1)C(=O)NC(=O)NC1CC1. The minimum Gasteiger partial charge on any atom is -0.367 e. The molecule has 1 atom stereocenters. The van der Waals surface area contributed by atoms with E-state index in [2.05, 4.69) is 25.9 Å². The summed E-state index contributed by atoms with van der Waals surface area (Å²) in [5, 5.41) is 9.59. The molecule has 0 bridgehead atoms. The van der Waals surface area contributed by atoms with Gasteiger partial charge in [0.25, 0.3) is 0 Å². The first-order chi connectivity index (χ1) is 12.6. The minimum absolute atomic E-state index is 0.214. The van der Waals surface area contributed by atoms with Crippen LogP contribution in [-0.2, 0) is 4.79 Å². The first kappa shape index (κ1) is 17.1. The van der Waals surface area contributed by atoms with Crippen molar-refractivity contribution in [3.8, 4) is 0 Å². The van der Waals surface area contributed by atoms with Gasteiger partial charge in [-0.05, 0) is 44.7 Å². The number of hydrogen-bond acceptors (Lipinski definition) is 6. The minimum atomic E-state index is -0.477. The topological polar surface area (TPSA) is 96.0 Å². The summed E-state index contributed by atoms with van der Waals surface area (Å²) in [6.45, 7) is 1.75. The molecule has 8 heteroatoms. The second kappa shape index (κ2) is 7.11. The van der Waals surface area contributed by atoms with Crippen LogP contribution in [0.1, 0.15) is 32.6 Å². The van der Waals surface area contributed by atoms with E-state index in [0.717, 1.165) is 42.4 Å². The normalized spacial score (nSPS) is 17.6. The number of nitrogens with zero attached hydrogens (tertiary/aromatic N) is 2. The highest BCUT2D eigenvalue weighted by atomic mass is 32.2. The van der Waals surface area contributed by atoms with E-state index in [-0.39, 0.29) is 11.9 Å². The number of carbonyl (C=O) groups excluding carboxylic acids is 2. The number of thioether (sulfide) groups is 1. The molecule has 136 valence electrons. The smallest absolute Gasteiger partial charge is 0.321 e. The average molecular weight is 371 g/mol. The predicted octanol–water partition coefficient (Wildman–Crippen LogP) is 2.67. The zero-order chi connectivity index (χ0) is 18.1. The van der Waals surface area contributed by atoms with Crippen LogP contribution in [0, 0.1) is 0 Å². The standard InChI is InChI=1S/C18H21N5O2S/c1-10(16(24)23-17(25)20-12-8-9-12)26-18-21-14-5-3-2-4-13(14)15(22-18)19-11-6-7-11/h2-5,10-12H,6-9H2,1H3,(H,19,21,22)(H2,20,23,24,25)/t10-/m1/s1. The lowest BCUT2D eigenvalue weighted by Gasteiger charge is -2.13. The van der Waals surface area contributed by atoms with Gasteiger partial charge in [-0.15, -0.1) is 0 Å². The van der Waals surface area contributed by atoms with E-state index in [1.807, 2.05) is 24.3 Å². The van der Waals surface area contributed by atoms with E-state index in [1.165, 1.54) is 11.8 Å². The zero-order valence-electron chi connectivity index (χ0n) is 14.5. The molecule has 1 aromatic carbocycles. The van der Waals surface area contributed by atoms with E-state index < -0.39 is 11.3 Å².